The van der Waals surface area contributed by atoms with Crippen molar-refractivity contribution in [3.05, 3.63) is 12.2 Å². The van der Waals surface area contributed by atoms with Crippen molar-refractivity contribution in [3.8, 4) is 0 Å². The number of hydrogen-bond acceptors (Lipinski definition) is 5. The van der Waals surface area contributed by atoms with Crippen LogP contribution in [0.15, 0.2) is 12.2 Å². The van der Waals surface area contributed by atoms with Gasteiger partial charge in [-0.05, 0) is 12.8 Å². The summed E-state index contributed by atoms with van der Waals surface area (Å²) in [6, 6.07) is 0. The zero-order valence-corrected chi connectivity index (χ0v) is 10.7. The number of aliphatic hydroxyl groups is 1. The Morgan fingerprint density at radius 3 is 2.42 bits per heavy atom. The van der Waals surface area contributed by atoms with E-state index in [1.54, 1.807) is 0 Å². The number of carbonyl (C=O) groups excluding carboxylic acids is 3. The van der Waals surface area contributed by atoms with Gasteiger partial charge in [-0.15, -0.1) is 0 Å². The third-order valence-electron chi connectivity index (χ3n) is 2.83. The first kappa shape index (κ1) is 15.3. The van der Waals surface area contributed by atoms with Crippen LogP contribution in [0, 0.1) is 0 Å². The molecule has 0 unspecified atom stereocenters. The Hall–Kier alpha value is -1.73. The van der Waals surface area contributed by atoms with E-state index in [-0.39, 0.29) is 30.9 Å². The molecule has 1 rings (SSSR count). The normalized spacial score (nSPS) is 14.3. The third-order valence-corrected chi connectivity index (χ3v) is 2.83. The van der Waals surface area contributed by atoms with Crippen molar-refractivity contribution in [2.24, 2.45) is 5.84 Å². The summed E-state index contributed by atoms with van der Waals surface area (Å²) >= 11 is 0. The van der Waals surface area contributed by atoms with Crippen molar-refractivity contribution in [2.45, 2.75) is 25.7 Å². The fourth-order valence-electron chi connectivity index (χ4n) is 1.75. The summed E-state index contributed by atoms with van der Waals surface area (Å²) in [7, 11) is 0. The van der Waals surface area contributed by atoms with E-state index in [9.17, 15) is 14.4 Å². The number of rotatable bonds is 8. The predicted molar refractivity (Wildman–Crippen MR) is 67.3 cm³/mol. The summed E-state index contributed by atoms with van der Waals surface area (Å²) in [6.45, 7) is 0.345. The maximum atomic E-state index is 11.4. The van der Waals surface area contributed by atoms with Crippen LogP contribution >= 0.6 is 0 Å². The largest absolute Gasteiger partial charge is 0.394 e. The lowest BCUT2D eigenvalue weighted by Crippen LogP contribution is -2.39. The molecule has 1 aliphatic heterocycles. The Kier molecular flexibility index (Phi) is 6.17. The highest BCUT2D eigenvalue weighted by Crippen LogP contribution is 2.08. The minimum Gasteiger partial charge on any atom is -0.394 e. The highest BCUT2D eigenvalue weighted by atomic mass is 16.3. The van der Waals surface area contributed by atoms with Crippen molar-refractivity contribution in [1.29, 1.82) is 0 Å². The predicted octanol–water partition coefficient (Wildman–Crippen LogP) is -0.834. The second-order valence-corrected chi connectivity index (χ2v) is 4.28. The van der Waals surface area contributed by atoms with Crippen LogP contribution in [-0.4, -0.2) is 52.4 Å². The molecule has 1 heterocycles. The molecule has 3 amide bonds. The van der Waals surface area contributed by atoms with Crippen LogP contribution in [0.3, 0.4) is 0 Å². The number of unbranched alkanes of at least 4 members (excludes halogenated alkanes) is 2. The Labute approximate surface area is 111 Å². The number of aliphatic hydroxyl groups excluding tert-OH is 1. The van der Waals surface area contributed by atoms with E-state index >= 15 is 0 Å². The van der Waals surface area contributed by atoms with E-state index in [0.717, 1.165) is 11.4 Å². The molecule has 1 aliphatic rings. The Balaban J connectivity index is 2.10. The molecule has 0 radical (unpaired) electrons. The molecule has 3 N–H and O–H groups in total. The van der Waals surface area contributed by atoms with Gasteiger partial charge in [0.1, 0.15) is 0 Å². The molecule has 7 heteroatoms. The smallest absolute Gasteiger partial charge is 0.253 e. The van der Waals surface area contributed by atoms with Gasteiger partial charge in [-0.2, -0.15) is 0 Å². The van der Waals surface area contributed by atoms with Crippen LogP contribution in [-0.2, 0) is 14.4 Å². The number of imide groups is 1. The Bertz CT molecular complexity index is 363. The zero-order chi connectivity index (χ0) is 14.3. The standard InChI is InChI=1S/C12H19N3O4/c13-15(8-9-16)12(19)4-2-1-3-7-14-10(17)5-6-11(14)18/h5-6,16H,1-4,7-9,13H2. The number of nitrogens with zero attached hydrogens (tertiary/aromatic N) is 2. The molecule has 0 fully saturated rings. The molecule has 0 aromatic carbocycles. The molecule has 0 aliphatic carbocycles. The second kappa shape index (κ2) is 7.65. The van der Waals surface area contributed by atoms with E-state index < -0.39 is 0 Å². The van der Waals surface area contributed by atoms with Crippen LogP contribution in [0.4, 0.5) is 0 Å². The topological polar surface area (TPSA) is 104 Å². The lowest BCUT2D eigenvalue weighted by Gasteiger charge is -2.15. The molecule has 0 aromatic rings. The summed E-state index contributed by atoms with van der Waals surface area (Å²) < 4.78 is 0. The van der Waals surface area contributed by atoms with Crippen LogP contribution in [0.2, 0.25) is 0 Å². The van der Waals surface area contributed by atoms with Crippen LogP contribution in [0.25, 0.3) is 0 Å². The van der Waals surface area contributed by atoms with E-state index in [4.69, 9.17) is 10.9 Å². The van der Waals surface area contributed by atoms with Gasteiger partial charge in [-0.25, -0.2) is 5.84 Å². The van der Waals surface area contributed by atoms with Crippen LogP contribution in [0.5, 0.6) is 0 Å². The molecule has 0 bridgehead atoms. The van der Waals surface area contributed by atoms with Gasteiger partial charge in [-0.3, -0.25) is 24.3 Å². The fraction of sp³-hybridized carbons (Fsp3) is 0.583. The van der Waals surface area contributed by atoms with Crippen LogP contribution < -0.4 is 5.84 Å². The quantitative estimate of drug-likeness (QED) is 0.197. The number of amides is 3. The molecule has 0 saturated carbocycles. The lowest BCUT2D eigenvalue weighted by molar-refractivity contribution is -0.137. The first-order chi connectivity index (χ1) is 9.06. The Morgan fingerprint density at radius 1 is 1.21 bits per heavy atom. The monoisotopic (exact) mass is 269 g/mol. The SMILES string of the molecule is NN(CCO)C(=O)CCCCCN1C(=O)C=CC1=O. The summed E-state index contributed by atoms with van der Waals surface area (Å²) in [5.74, 6) is 4.62. The number of carbonyl (C=O) groups is 3. The molecule has 0 atom stereocenters. The molecular formula is C12H19N3O4. The minimum absolute atomic E-state index is 0.126. The molecule has 0 spiro atoms. The van der Waals surface area contributed by atoms with E-state index in [0.29, 0.717) is 25.8 Å². The van der Waals surface area contributed by atoms with Crippen molar-refractivity contribution in [2.75, 3.05) is 19.7 Å². The molecule has 106 valence electrons. The zero-order valence-electron chi connectivity index (χ0n) is 10.7. The molecule has 0 aromatic heterocycles. The van der Waals surface area contributed by atoms with Crippen molar-refractivity contribution < 1.29 is 19.5 Å². The van der Waals surface area contributed by atoms with Gasteiger partial charge >= 0.3 is 0 Å². The highest BCUT2D eigenvalue weighted by molar-refractivity contribution is 6.12. The first-order valence-corrected chi connectivity index (χ1v) is 6.25. The lowest BCUT2D eigenvalue weighted by atomic mass is 10.2. The molecular weight excluding hydrogens is 250 g/mol. The summed E-state index contributed by atoms with van der Waals surface area (Å²) in [5.41, 5.74) is 0. The number of hydrazine groups is 1. The third kappa shape index (κ3) is 4.80. The van der Waals surface area contributed by atoms with Crippen molar-refractivity contribution in [3.63, 3.8) is 0 Å². The number of hydrogen-bond donors (Lipinski definition) is 2. The summed E-state index contributed by atoms with van der Waals surface area (Å²) in [5, 5.41) is 9.61. The van der Waals surface area contributed by atoms with Gasteiger partial charge < -0.3 is 5.11 Å². The molecule has 19 heavy (non-hydrogen) atoms. The van der Waals surface area contributed by atoms with Gasteiger partial charge in [0.2, 0.25) is 5.91 Å². The number of nitrogens with two attached hydrogens (primary N) is 1. The van der Waals surface area contributed by atoms with Gasteiger partial charge in [0.15, 0.2) is 0 Å². The average Bonchev–Trinajstić information content (AvgIpc) is 2.69. The average molecular weight is 269 g/mol. The molecule has 0 saturated heterocycles. The van der Waals surface area contributed by atoms with Gasteiger partial charge in [-0.1, -0.05) is 6.42 Å². The van der Waals surface area contributed by atoms with E-state index in [1.807, 2.05) is 0 Å². The van der Waals surface area contributed by atoms with E-state index in [2.05, 4.69) is 0 Å². The minimum atomic E-state index is -0.280. The fourth-order valence-corrected chi connectivity index (χ4v) is 1.75. The Morgan fingerprint density at radius 2 is 1.84 bits per heavy atom. The molecule has 7 nitrogen and oxygen atoms in total. The van der Waals surface area contributed by atoms with Crippen LogP contribution in [0.1, 0.15) is 25.7 Å². The summed E-state index contributed by atoms with van der Waals surface area (Å²) in [4.78, 5) is 35.1. The highest BCUT2D eigenvalue weighted by Gasteiger charge is 2.22. The summed E-state index contributed by atoms with van der Waals surface area (Å²) in [6.07, 6.45) is 4.85. The first-order valence-electron chi connectivity index (χ1n) is 6.25. The van der Waals surface area contributed by atoms with Gasteiger partial charge in [0.25, 0.3) is 11.8 Å². The van der Waals surface area contributed by atoms with Gasteiger partial charge in [0.05, 0.1) is 13.2 Å². The maximum absolute atomic E-state index is 11.4. The second-order valence-electron chi connectivity index (χ2n) is 4.28. The van der Waals surface area contributed by atoms with Crippen molar-refractivity contribution >= 4 is 17.7 Å². The maximum Gasteiger partial charge on any atom is 0.253 e. The van der Waals surface area contributed by atoms with E-state index in [1.165, 1.54) is 17.1 Å². The van der Waals surface area contributed by atoms with Gasteiger partial charge in [0, 0.05) is 25.1 Å². The van der Waals surface area contributed by atoms with Crippen molar-refractivity contribution in [1.82, 2.24) is 9.91 Å².